The molecule has 0 bridgehead atoms. The topological polar surface area (TPSA) is 105 Å². The lowest BCUT2D eigenvalue weighted by Gasteiger charge is -2.15. The van der Waals surface area contributed by atoms with Gasteiger partial charge >= 0.3 is 5.97 Å². The van der Waals surface area contributed by atoms with E-state index in [1.807, 2.05) is 6.92 Å². The number of ether oxygens (including phenoxy) is 1. The average molecular weight is 522 g/mol. The highest BCUT2D eigenvalue weighted by atomic mass is 35.5. The summed E-state index contributed by atoms with van der Waals surface area (Å²) in [6.45, 7) is 2.20. The van der Waals surface area contributed by atoms with Crippen LogP contribution in [0, 0.1) is 5.82 Å². The summed E-state index contributed by atoms with van der Waals surface area (Å²) in [5, 5.41) is 5.22. The van der Waals surface area contributed by atoms with Crippen LogP contribution in [0.25, 0.3) is 0 Å². The normalized spacial score (nSPS) is 13.1. The van der Waals surface area contributed by atoms with Gasteiger partial charge in [0.1, 0.15) is 16.5 Å². The smallest absolute Gasteiger partial charge is 0.338 e. The number of anilines is 3. The molecule has 0 aliphatic carbocycles. The van der Waals surface area contributed by atoms with Gasteiger partial charge in [-0.25, -0.2) is 14.1 Å². The second-order valence-electron chi connectivity index (χ2n) is 7.98. The number of amides is 3. The molecular formula is C27H21ClFN3O5. The highest BCUT2D eigenvalue weighted by Gasteiger charge is 2.39. The van der Waals surface area contributed by atoms with E-state index in [1.54, 1.807) is 30.3 Å². The minimum Gasteiger partial charge on any atom is -0.462 e. The number of benzene rings is 3. The molecule has 0 atom stereocenters. The van der Waals surface area contributed by atoms with Crippen molar-refractivity contribution in [2.75, 3.05) is 22.1 Å². The minimum absolute atomic E-state index is 0.139. The Morgan fingerprint density at radius 3 is 2.30 bits per heavy atom. The van der Waals surface area contributed by atoms with Gasteiger partial charge < -0.3 is 15.4 Å². The van der Waals surface area contributed by atoms with Crippen molar-refractivity contribution >= 4 is 52.4 Å². The number of nitrogens with zero attached hydrogens (tertiary/aromatic N) is 1. The fourth-order valence-electron chi connectivity index (χ4n) is 3.49. The fourth-order valence-corrected chi connectivity index (χ4v) is 3.70. The third kappa shape index (κ3) is 5.68. The second kappa shape index (κ2) is 11.0. The maximum Gasteiger partial charge on any atom is 0.338 e. The van der Waals surface area contributed by atoms with E-state index < -0.39 is 29.5 Å². The lowest BCUT2D eigenvalue weighted by molar-refractivity contribution is -0.120. The summed E-state index contributed by atoms with van der Waals surface area (Å²) in [5.74, 6) is -2.83. The molecule has 10 heteroatoms. The van der Waals surface area contributed by atoms with Gasteiger partial charge in [0.25, 0.3) is 17.7 Å². The first-order valence-electron chi connectivity index (χ1n) is 11.3. The molecule has 188 valence electrons. The Balaban J connectivity index is 1.43. The Morgan fingerprint density at radius 2 is 1.62 bits per heavy atom. The predicted octanol–water partition coefficient (Wildman–Crippen LogP) is 5.08. The Labute approximate surface area is 216 Å². The molecule has 0 fully saturated rings. The van der Waals surface area contributed by atoms with Gasteiger partial charge in [-0.3, -0.25) is 14.4 Å². The van der Waals surface area contributed by atoms with Crippen molar-refractivity contribution in [2.24, 2.45) is 0 Å². The molecule has 37 heavy (non-hydrogen) atoms. The fraction of sp³-hybridized carbons (Fsp3) is 0.111. The molecule has 0 saturated carbocycles. The summed E-state index contributed by atoms with van der Waals surface area (Å²) in [6.07, 6.45) is 0.702. The number of halogens is 2. The SMILES string of the molecule is CCCOC(=O)c1cccc(NC(=O)c2ccc(NC3=C(Cl)C(=O)N(c4ccc(F)cc4)C3=O)cc2)c1. The first kappa shape index (κ1) is 25.6. The second-order valence-corrected chi connectivity index (χ2v) is 8.36. The number of carbonyl (C=O) groups is 4. The molecule has 1 aliphatic rings. The van der Waals surface area contributed by atoms with Crippen LogP contribution in [0.3, 0.4) is 0 Å². The molecule has 4 rings (SSSR count). The van der Waals surface area contributed by atoms with E-state index in [4.69, 9.17) is 16.3 Å². The van der Waals surface area contributed by atoms with Crippen LogP contribution in [0.4, 0.5) is 21.5 Å². The van der Waals surface area contributed by atoms with E-state index in [0.717, 1.165) is 17.0 Å². The van der Waals surface area contributed by atoms with Crippen molar-refractivity contribution in [1.82, 2.24) is 0 Å². The summed E-state index contributed by atoms with van der Waals surface area (Å²) in [5.41, 5.74) is 1.51. The maximum absolute atomic E-state index is 13.2. The summed E-state index contributed by atoms with van der Waals surface area (Å²) in [7, 11) is 0. The monoisotopic (exact) mass is 521 g/mol. The van der Waals surface area contributed by atoms with E-state index in [9.17, 15) is 23.6 Å². The largest absolute Gasteiger partial charge is 0.462 e. The van der Waals surface area contributed by atoms with Crippen molar-refractivity contribution < 1.29 is 28.3 Å². The lowest BCUT2D eigenvalue weighted by atomic mass is 10.1. The lowest BCUT2D eigenvalue weighted by Crippen LogP contribution is -2.32. The first-order chi connectivity index (χ1) is 17.8. The van der Waals surface area contributed by atoms with E-state index in [2.05, 4.69) is 10.6 Å². The van der Waals surface area contributed by atoms with Crippen LogP contribution < -0.4 is 15.5 Å². The van der Waals surface area contributed by atoms with Crippen LogP contribution in [0.2, 0.25) is 0 Å². The number of hydrogen-bond donors (Lipinski definition) is 2. The highest BCUT2D eigenvalue weighted by molar-refractivity contribution is 6.53. The molecule has 0 unspecified atom stereocenters. The Kier molecular flexibility index (Phi) is 7.64. The van der Waals surface area contributed by atoms with E-state index in [0.29, 0.717) is 35.5 Å². The van der Waals surface area contributed by atoms with Crippen LogP contribution in [0.1, 0.15) is 34.1 Å². The van der Waals surface area contributed by atoms with Gasteiger partial charge in [-0.2, -0.15) is 0 Å². The number of imide groups is 1. The molecule has 0 saturated heterocycles. The maximum atomic E-state index is 13.2. The van der Waals surface area contributed by atoms with E-state index in [-0.39, 0.29) is 16.4 Å². The van der Waals surface area contributed by atoms with Crippen molar-refractivity contribution in [1.29, 1.82) is 0 Å². The molecule has 2 N–H and O–H groups in total. The zero-order valence-corrected chi connectivity index (χ0v) is 20.3. The first-order valence-corrected chi connectivity index (χ1v) is 11.7. The standard InChI is InChI=1S/C27H21ClFN3O5/c1-2-14-37-27(36)17-4-3-5-20(15-17)31-24(33)16-6-10-19(11-7-16)30-23-22(28)25(34)32(26(23)35)21-12-8-18(29)9-13-21/h3-13,15,30H,2,14H2,1H3,(H,31,33). The number of hydrogen-bond acceptors (Lipinski definition) is 6. The average Bonchev–Trinajstić information content (AvgIpc) is 3.11. The van der Waals surface area contributed by atoms with E-state index in [1.165, 1.54) is 30.3 Å². The molecule has 0 spiro atoms. The third-order valence-corrected chi connectivity index (χ3v) is 5.67. The molecule has 3 aromatic carbocycles. The van der Waals surface area contributed by atoms with Gasteiger partial charge in [0, 0.05) is 16.9 Å². The van der Waals surface area contributed by atoms with Crippen LogP contribution in [0.5, 0.6) is 0 Å². The Bertz CT molecular complexity index is 1400. The summed E-state index contributed by atoms with van der Waals surface area (Å²) in [4.78, 5) is 51.0. The molecule has 1 heterocycles. The molecule has 3 amide bonds. The molecular weight excluding hydrogens is 501 g/mol. The van der Waals surface area contributed by atoms with Gasteiger partial charge in [-0.1, -0.05) is 24.6 Å². The number of esters is 1. The third-order valence-electron chi connectivity index (χ3n) is 5.32. The zero-order valence-electron chi connectivity index (χ0n) is 19.6. The van der Waals surface area contributed by atoms with Crippen LogP contribution in [-0.4, -0.2) is 30.3 Å². The van der Waals surface area contributed by atoms with Crippen molar-refractivity contribution in [3.05, 3.63) is 100 Å². The molecule has 1 aliphatic heterocycles. The quantitative estimate of drug-likeness (QED) is 0.316. The molecule has 0 aromatic heterocycles. The van der Waals surface area contributed by atoms with Crippen LogP contribution in [-0.2, 0) is 14.3 Å². The zero-order chi connectivity index (χ0) is 26.5. The number of nitrogens with one attached hydrogen (secondary N) is 2. The summed E-state index contributed by atoms with van der Waals surface area (Å²) >= 11 is 6.12. The highest BCUT2D eigenvalue weighted by Crippen LogP contribution is 2.30. The van der Waals surface area contributed by atoms with E-state index >= 15 is 0 Å². The summed E-state index contributed by atoms with van der Waals surface area (Å²) < 4.78 is 18.3. The Hall–Kier alpha value is -4.50. The van der Waals surface area contributed by atoms with Crippen molar-refractivity contribution in [2.45, 2.75) is 13.3 Å². The van der Waals surface area contributed by atoms with Crippen molar-refractivity contribution in [3.63, 3.8) is 0 Å². The van der Waals surface area contributed by atoms with Gasteiger partial charge in [-0.15, -0.1) is 0 Å². The predicted molar refractivity (Wildman–Crippen MR) is 137 cm³/mol. The molecule has 3 aromatic rings. The van der Waals surface area contributed by atoms with Gasteiger partial charge in [0.2, 0.25) is 0 Å². The molecule has 8 nitrogen and oxygen atoms in total. The van der Waals surface area contributed by atoms with Gasteiger partial charge in [0.15, 0.2) is 0 Å². The molecule has 0 radical (unpaired) electrons. The summed E-state index contributed by atoms with van der Waals surface area (Å²) in [6, 6.07) is 17.4. The van der Waals surface area contributed by atoms with Gasteiger partial charge in [-0.05, 0) is 73.2 Å². The number of carbonyl (C=O) groups excluding carboxylic acids is 4. The van der Waals surface area contributed by atoms with Crippen LogP contribution in [0.15, 0.2) is 83.5 Å². The number of rotatable bonds is 8. The van der Waals surface area contributed by atoms with Crippen LogP contribution >= 0.6 is 11.6 Å². The van der Waals surface area contributed by atoms with Crippen molar-refractivity contribution in [3.8, 4) is 0 Å². The minimum atomic E-state index is -0.738. The van der Waals surface area contributed by atoms with Gasteiger partial charge in [0.05, 0.1) is 17.9 Å². The Morgan fingerprint density at radius 1 is 0.919 bits per heavy atom.